The summed E-state index contributed by atoms with van der Waals surface area (Å²) in [6, 6.07) is 37.4. The van der Waals surface area contributed by atoms with E-state index in [1.165, 1.54) is 59.8 Å². The molecule has 0 heteroatoms. The van der Waals surface area contributed by atoms with Crippen LogP contribution in [0.4, 0.5) is 0 Å². The zero-order valence-electron chi connectivity index (χ0n) is 17.5. The van der Waals surface area contributed by atoms with Crippen molar-refractivity contribution in [2.24, 2.45) is 0 Å². The predicted octanol–water partition coefficient (Wildman–Crippen LogP) is 9.00. The average Bonchev–Trinajstić information content (AvgIpc) is 2.81. The highest BCUT2D eigenvalue weighted by molar-refractivity contribution is 6.19. The Balaban J connectivity index is 1.75. The Morgan fingerprint density at radius 1 is 0.516 bits per heavy atom. The molecule has 0 amide bonds. The van der Waals surface area contributed by atoms with Gasteiger partial charge in [0.25, 0.3) is 0 Å². The molecule has 6 rings (SSSR count). The maximum atomic E-state index is 4.30. The Kier molecular flexibility index (Phi) is 3.94. The Hall–Kier alpha value is -3.90. The molecule has 0 bridgehead atoms. The molecule has 0 heterocycles. The Morgan fingerprint density at radius 2 is 1.03 bits per heavy atom. The first kappa shape index (κ1) is 17.9. The summed E-state index contributed by atoms with van der Waals surface area (Å²) < 4.78 is 0. The van der Waals surface area contributed by atoms with E-state index in [-0.39, 0.29) is 0 Å². The molecule has 31 heavy (non-hydrogen) atoms. The van der Waals surface area contributed by atoms with Crippen LogP contribution in [0.3, 0.4) is 0 Å². The standard InChI is InChI=1S/C31H22/c1-20(2)30-26-11-5-7-13-28(26)31(29-14-8-6-12-27(29)30)23-17-18-25-22(19-23)16-15-21-9-3-4-10-24(21)25/h3-19H,1H2,2H3. The Labute approximate surface area is 182 Å². The first-order chi connectivity index (χ1) is 15.2. The van der Waals surface area contributed by atoms with Gasteiger partial charge in [0.05, 0.1) is 0 Å². The van der Waals surface area contributed by atoms with Gasteiger partial charge in [0.15, 0.2) is 0 Å². The van der Waals surface area contributed by atoms with Crippen molar-refractivity contribution >= 4 is 48.7 Å². The first-order valence-corrected chi connectivity index (χ1v) is 10.7. The molecule has 0 atom stereocenters. The number of rotatable bonds is 2. The lowest BCUT2D eigenvalue weighted by atomic mass is 9.86. The van der Waals surface area contributed by atoms with Gasteiger partial charge in [-0.25, -0.2) is 0 Å². The fourth-order valence-electron chi connectivity index (χ4n) is 5.07. The van der Waals surface area contributed by atoms with Crippen LogP contribution in [0.1, 0.15) is 12.5 Å². The van der Waals surface area contributed by atoms with Crippen molar-refractivity contribution in [1.29, 1.82) is 0 Å². The highest BCUT2D eigenvalue weighted by Gasteiger charge is 2.15. The Bertz CT molecular complexity index is 1590. The molecular formula is C31H22. The average molecular weight is 395 g/mol. The molecule has 0 aromatic heterocycles. The molecule has 146 valence electrons. The minimum absolute atomic E-state index is 1.10. The predicted molar refractivity (Wildman–Crippen MR) is 137 cm³/mol. The van der Waals surface area contributed by atoms with E-state index in [0.717, 1.165) is 5.57 Å². The minimum atomic E-state index is 1.10. The fourth-order valence-corrected chi connectivity index (χ4v) is 5.07. The molecule has 0 spiro atoms. The van der Waals surface area contributed by atoms with Crippen molar-refractivity contribution in [3.05, 3.63) is 115 Å². The highest BCUT2D eigenvalue weighted by Crippen LogP contribution is 2.42. The van der Waals surface area contributed by atoms with Gasteiger partial charge in [0, 0.05) is 0 Å². The third-order valence-corrected chi connectivity index (χ3v) is 6.39. The highest BCUT2D eigenvalue weighted by atomic mass is 14.2. The van der Waals surface area contributed by atoms with Gasteiger partial charge in [0.2, 0.25) is 0 Å². The van der Waals surface area contributed by atoms with Gasteiger partial charge in [-0.2, -0.15) is 0 Å². The fraction of sp³-hybridized carbons (Fsp3) is 0.0323. The molecule has 0 fully saturated rings. The topological polar surface area (TPSA) is 0 Å². The van der Waals surface area contributed by atoms with Crippen LogP contribution in [0.2, 0.25) is 0 Å². The van der Waals surface area contributed by atoms with Crippen LogP contribution < -0.4 is 0 Å². The lowest BCUT2D eigenvalue weighted by molar-refractivity contribution is 1.66. The second-order valence-electron chi connectivity index (χ2n) is 8.34. The van der Waals surface area contributed by atoms with E-state index in [1.54, 1.807) is 0 Å². The third-order valence-electron chi connectivity index (χ3n) is 6.39. The number of hydrogen-bond acceptors (Lipinski definition) is 0. The normalized spacial score (nSPS) is 11.5. The smallest absolute Gasteiger partial charge is 0.00262 e. The molecular weight excluding hydrogens is 372 g/mol. The van der Waals surface area contributed by atoms with Crippen molar-refractivity contribution in [1.82, 2.24) is 0 Å². The van der Waals surface area contributed by atoms with Crippen LogP contribution in [0.25, 0.3) is 59.8 Å². The lowest BCUT2D eigenvalue weighted by Crippen LogP contribution is -1.91. The van der Waals surface area contributed by atoms with Crippen molar-refractivity contribution in [2.75, 3.05) is 0 Å². The van der Waals surface area contributed by atoms with Crippen molar-refractivity contribution in [3.8, 4) is 11.1 Å². The van der Waals surface area contributed by atoms with Crippen LogP contribution in [-0.2, 0) is 0 Å². The van der Waals surface area contributed by atoms with E-state index in [4.69, 9.17) is 0 Å². The van der Waals surface area contributed by atoms with Crippen molar-refractivity contribution in [2.45, 2.75) is 6.92 Å². The number of allylic oxidation sites excluding steroid dienone is 1. The molecule has 6 aromatic rings. The first-order valence-electron chi connectivity index (χ1n) is 10.7. The van der Waals surface area contributed by atoms with Crippen LogP contribution in [0.15, 0.2) is 110 Å². The van der Waals surface area contributed by atoms with E-state index in [0.29, 0.717) is 0 Å². The molecule has 0 aliphatic rings. The van der Waals surface area contributed by atoms with Crippen LogP contribution in [0.5, 0.6) is 0 Å². The second-order valence-corrected chi connectivity index (χ2v) is 8.34. The maximum Gasteiger partial charge on any atom is -0.00262 e. The molecule has 0 N–H and O–H groups in total. The van der Waals surface area contributed by atoms with Gasteiger partial charge in [-0.05, 0) is 78.3 Å². The quantitative estimate of drug-likeness (QED) is 0.203. The molecule has 0 radical (unpaired) electrons. The number of fused-ring (bicyclic) bond motifs is 5. The van der Waals surface area contributed by atoms with E-state index >= 15 is 0 Å². The van der Waals surface area contributed by atoms with E-state index in [2.05, 4.69) is 117 Å². The second kappa shape index (κ2) is 6.82. The van der Waals surface area contributed by atoms with Gasteiger partial charge in [-0.3, -0.25) is 0 Å². The number of benzene rings is 6. The van der Waals surface area contributed by atoms with E-state index in [1.807, 2.05) is 0 Å². The summed E-state index contributed by atoms with van der Waals surface area (Å²) in [5, 5.41) is 10.2. The van der Waals surface area contributed by atoms with Crippen LogP contribution in [0, 0.1) is 0 Å². The lowest BCUT2D eigenvalue weighted by Gasteiger charge is -2.18. The van der Waals surface area contributed by atoms with Crippen LogP contribution >= 0.6 is 0 Å². The summed E-state index contributed by atoms with van der Waals surface area (Å²) in [4.78, 5) is 0. The summed E-state index contributed by atoms with van der Waals surface area (Å²) in [7, 11) is 0. The SMILES string of the molecule is C=C(C)c1c2ccccc2c(-c2ccc3c(ccc4ccccc43)c2)c2ccccc12. The van der Waals surface area contributed by atoms with E-state index in [9.17, 15) is 0 Å². The largest absolute Gasteiger partial charge is 0.0955 e. The third kappa shape index (κ3) is 2.69. The summed E-state index contributed by atoms with van der Waals surface area (Å²) in [6.07, 6.45) is 0. The summed E-state index contributed by atoms with van der Waals surface area (Å²) in [6.45, 7) is 6.40. The summed E-state index contributed by atoms with van der Waals surface area (Å²) >= 11 is 0. The summed E-state index contributed by atoms with van der Waals surface area (Å²) in [5.41, 5.74) is 4.90. The van der Waals surface area contributed by atoms with Gasteiger partial charge in [-0.15, -0.1) is 0 Å². The zero-order valence-corrected chi connectivity index (χ0v) is 17.5. The maximum absolute atomic E-state index is 4.30. The minimum Gasteiger partial charge on any atom is -0.0955 e. The Morgan fingerprint density at radius 3 is 1.68 bits per heavy atom. The van der Waals surface area contributed by atoms with Gasteiger partial charge in [-0.1, -0.05) is 104 Å². The molecule has 0 saturated heterocycles. The van der Waals surface area contributed by atoms with E-state index < -0.39 is 0 Å². The summed E-state index contributed by atoms with van der Waals surface area (Å²) in [5.74, 6) is 0. The van der Waals surface area contributed by atoms with Crippen molar-refractivity contribution in [3.63, 3.8) is 0 Å². The molecule has 0 saturated carbocycles. The molecule has 0 aliphatic heterocycles. The molecule has 0 unspecified atom stereocenters. The van der Waals surface area contributed by atoms with Crippen molar-refractivity contribution < 1.29 is 0 Å². The van der Waals surface area contributed by atoms with Crippen LogP contribution in [-0.4, -0.2) is 0 Å². The van der Waals surface area contributed by atoms with Gasteiger partial charge in [0.1, 0.15) is 0 Å². The van der Waals surface area contributed by atoms with Gasteiger partial charge >= 0.3 is 0 Å². The molecule has 0 nitrogen and oxygen atoms in total. The monoisotopic (exact) mass is 394 g/mol. The van der Waals surface area contributed by atoms with Gasteiger partial charge < -0.3 is 0 Å². The number of hydrogen-bond donors (Lipinski definition) is 0. The zero-order chi connectivity index (χ0) is 20.9. The molecule has 6 aromatic carbocycles. The molecule has 0 aliphatic carbocycles.